The summed E-state index contributed by atoms with van der Waals surface area (Å²) in [5.74, 6) is -0.275. The van der Waals surface area contributed by atoms with E-state index in [9.17, 15) is 13.2 Å². The summed E-state index contributed by atoms with van der Waals surface area (Å²) in [5, 5.41) is -0.109. The van der Waals surface area contributed by atoms with Gasteiger partial charge in [-0.25, -0.2) is 8.42 Å². The van der Waals surface area contributed by atoms with E-state index in [2.05, 4.69) is 0 Å². The van der Waals surface area contributed by atoms with Gasteiger partial charge < -0.3 is 10.6 Å². The highest BCUT2D eigenvalue weighted by Crippen LogP contribution is 2.34. The molecule has 0 atom stereocenters. The van der Waals surface area contributed by atoms with Gasteiger partial charge in [0.2, 0.25) is 15.9 Å². The molecule has 0 radical (unpaired) electrons. The number of nitrogens with zero attached hydrogens (tertiary/aromatic N) is 2. The minimum absolute atomic E-state index is 0.0543. The van der Waals surface area contributed by atoms with Crippen molar-refractivity contribution >= 4 is 44.8 Å². The van der Waals surface area contributed by atoms with Gasteiger partial charge in [0.25, 0.3) is 0 Å². The SMILES string of the molecule is CN1CCN(S(=O)(=O)c2c(Cl)cc(N)cc2Cl)CC1=O. The first kappa shape index (κ1) is 15.4. The first-order valence-electron chi connectivity index (χ1n) is 5.72. The third-order valence-electron chi connectivity index (χ3n) is 3.04. The highest BCUT2D eigenvalue weighted by atomic mass is 35.5. The van der Waals surface area contributed by atoms with Gasteiger partial charge in [0, 0.05) is 25.8 Å². The maximum absolute atomic E-state index is 12.5. The van der Waals surface area contributed by atoms with E-state index in [1.165, 1.54) is 17.0 Å². The number of likely N-dealkylation sites (N-methyl/N-ethyl adjacent to an activating group) is 1. The number of hydrogen-bond acceptors (Lipinski definition) is 4. The van der Waals surface area contributed by atoms with E-state index in [4.69, 9.17) is 28.9 Å². The molecule has 1 aromatic carbocycles. The first-order valence-corrected chi connectivity index (χ1v) is 7.91. The fourth-order valence-electron chi connectivity index (χ4n) is 1.90. The Labute approximate surface area is 127 Å². The van der Waals surface area contributed by atoms with Crippen molar-refractivity contribution in [2.24, 2.45) is 0 Å². The van der Waals surface area contributed by atoms with E-state index in [-0.39, 0.29) is 39.6 Å². The molecule has 1 aliphatic rings. The maximum Gasteiger partial charge on any atom is 0.246 e. The van der Waals surface area contributed by atoms with Gasteiger partial charge in [0.1, 0.15) is 4.90 Å². The van der Waals surface area contributed by atoms with Crippen molar-refractivity contribution in [3.05, 3.63) is 22.2 Å². The van der Waals surface area contributed by atoms with Gasteiger partial charge in [0.15, 0.2) is 0 Å². The monoisotopic (exact) mass is 337 g/mol. The Bertz CT molecular complexity index is 640. The quantitative estimate of drug-likeness (QED) is 0.817. The average molecular weight is 338 g/mol. The molecule has 1 aliphatic heterocycles. The van der Waals surface area contributed by atoms with Crippen LogP contribution < -0.4 is 5.73 Å². The van der Waals surface area contributed by atoms with Crippen LogP contribution in [-0.2, 0) is 14.8 Å². The zero-order chi connectivity index (χ0) is 15.1. The Morgan fingerprint density at radius 3 is 2.25 bits per heavy atom. The van der Waals surface area contributed by atoms with Gasteiger partial charge >= 0.3 is 0 Å². The summed E-state index contributed by atoms with van der Waals surface area (Å²) in [7, 11) is -2.31. The van der Waals surface area contributed by atoms with Crippen molar-refractivity contribution in [3.8, 4) is 0 Å². The van der Waals surface area contributed by atoms with Crippen LogP contribution in [0, 0.1) is 0 Å². The third kappa shape index (κ3) is 2.71. The Morgan fingerprint density at radius 1 is 1.20 bits per heavy atom. The van der Waals surface area contributed by atoms with E-state index in [0.29, 0.717) is 6.54 Å². The lowest BCUT2D eigenvalue weighted by atomic mass is 10.3. The van der Waals surface area contributed by atoms with E-state index < -0.39 is 10.0 Å². The molecular formula is C11H13Cl2N3O3S. The molecule has 2 rings (SSSR count). The second-order valence-corrected chi connectivity index (χ2v) is 7.16. The number of anilines is 1. The van der Waals surface area contributed by atoms with Crippen LogP contribution in [0.3, 0.4) is 0 Å². The molecular weight excluding hydrogens is 325 g/mol. The number of nitrogens with two attached hydrogens (primary N) is 1. The standard InChI is InChI=1S/C11H13Cl2N3O3S/c1-15-2-3-16(6-10(15)17)20(18,19)11-8(12)4-7(14)5-9(11)13/h4-5H,2-3,6,14H2,1H3. The van der Waals surface area contributed by atoms with E-state index in [1.54, 1.807) is 7.05 Å². The van der Waals surface area contributed by atoms with Crippen molar-refractivity contribution < 1.29 is 13.2 Å². The van der Waals surface area contributed by atoms with Gasteiger partial charge in [-0.1, -0.05) is 23.2 Å². The number of amides is 1. The molecule has 1 saturated heterocycles. The Hall–Kier alpha value is -1.02. The Kier molecular flexibility index (Phi) is 4.15. The van der Waals surface area contributed by atoms with Crippen LogP contribution in [0.2, 0.25) is 10.0 Å². The number of carbonyl (C=O) groups excluding carboxylic acids is 1. The largest absolute Gasteiger partial charge is 0.399 e. The molecule has 0 bridgehead atoms. The number of halogens is 2. The van der Waals surface area contributed by atoms with Crippen LogP contribution >= 0.6 is 23.2 Å². The van der Waals surface area contributed by atoms with Gasteiger partial charge in [-0.05, 0) is 12.1 Å². The molecule has 6 nitrogen and oxygen atoms in total. The molecule has 1 aromatic rings. The minimum atomic E-state index is -3.93. The molecule has 20 heavy (non-hydrogen) atoms. The van der Waals surface area contributed by atoms with Crippen molar-refractivity contribution in [1.29, 1.82) is 0 Å². The van der Waals surface area contributed by atoms with Crippen LogP contribution in [-0.4, -0.2) is 50.2 Å². The van der Waals surface area contributed by atoms with Gasteiger partial charge in [-0.3, -0.25) is 4.79 Å². The molecule has 0 aromatic heterocycles. The smallest absolute Gasteiger partial charge is 0.246 e. The summed E-state index contributed by atoms with van der Waals surface area (Å²) in [6.07, 6.45) is 0. The normalized spacial score (nSPS) is 17.6. The van der Waals surface area contributed by atoms with Gasteiger partial charge in [-0.2, -0.15) is 4.31 Å². The molecule has 110 valence electrons. The van der Waals surface area contributed by atoms with Crippen LogP contribution in [0.4, 0.5) is 5.69 Å². The third-order valence-corrected chi connectivity index (χ3v) is 5.81. The summed E-state index contributed by atoms with van der Waals surface area (Å²) in [6.45, 7) is 0.291. The number of benzene rings is 1. The fourth-order valence-corrected chi connectivity index (χ4v) is 4.46. The van der Waals surface area contributed by atoms with Crippen LogP contribution in [0.1, 0.15) is 0 Å². The Morgan fingerprint density at radius 2 is 1.75 bits per heavy atom. The topological polar surface area (TPSA) is 83.7 Å². The van der Waals surface area contributed by atoms with Crippen LogP contribution in [0.25, 0.3) is 0 Å². The summed E-state index contributed by atoms with van der Waals surface area (Å²) < 4.78 is 26.1. The van der Waals surface area contributed by atoms with Gasteiger partial charge in [0.05, 0.1) is 16.6 Å². The van der Waals surface area contributed by atoms with Crippen molar-refractivity contribution in [2.45, 2.75) is 4.90 Å². The molecule has 1 heterocycles. The van der Waals surface area contributed by atoms with E-state index in [1.807, 2.05) is 0 Å². The summed E-state index contributed by atoms with van der Waals surface area (Å²) in [4.78, 5) is 12.9. The van der Waals surface area contributed by atoms with Gasteiger partial charge in [-0.15, -0.1) is 0 Å². The predicted octanol–water partition coefficient (Wildman–Crippen LogP) is 1.04. The second kappa shape index (κ2) is 5.40. The van der Waals surface area contributed by atoms with Crippen LogP contribution in [0.15, 0.2) is 17.0 Å². The molecule has 0 aliphatic carbocycles. The second-order valence-electron chi connectivity index (χ2n) is 4.47. The maximum atomic E-state index is 12.5. The molecule has 9 heteroatoms. The Balaban J connectivity index is 2.44. The summed E-state index contributed by atoms with van der Waals surface area (Å²) >= 11 is 11.9. The van der Waals surface area contributed by atoms with E-state index >= 15 is 0 Å². The summed E-state index contributed by atoms with van der Waals surface area (Å²) in [6, 6.07) is 2.64. The lowest BCUT2D eigenvalue weighted by Crippen LogP contribution is -2.50. The predicted molar refractivity (Wildman–Crippen MR) is 77.3 cm³/mol. The highest BCUT2D eigenvalue weighted by molar-refractivity contribution is 7.89. The van der Waals surface area contributed by atoms with Crippen molar-refractivity contribution in [3.63, 3.8) is 0 Å². The van der Waals surface area contributed by atoms with Crippen molar-refractivity contribution in [1.82, 2.24) is 9.21 Å². The van der Waals surface area contributed by atoms with Crippen LogP contribution in [0.5, 0.6) is 0 Å². The number of carbonyl (C=O) groups is 1. The highest BCUT2D eigenvalue weighted by Gasteiger charge is 2.34. The number of rotatable bonds is 2. The zero-order valence-electron chi connectivity index (χ0n) is 10.6. The van der Waals surface area contributed by atoms with Crippen molar-refractivity contribution in [2.75, 3.05) is 32.4 Å². The lowest BCUT2D eigenvalue weighted by molar-refractivity contribution is -0.132. The fraction of sp³-hybridized carbons (Fsp3) is 0.364. The molecule has 0 unspecified atom stereocenters. The first-order chi connectivity index (χ1) is 9.23. The number of piperazine rings is 1. The summed E-state index contributed by atoms with van der Waals surface area (Å²) in [5.41, 5.74) is 5.82. The lowest BCUT2D eigenvalue weighted by Gasteiger charge is -2.31. The molecule has 1 amide bonds. The molecule has 0 saturated carbocycles. The zero-order valence-corrected chi connectivity index (χ0v) is 13.0. The minimum Gasteiger partial charge on any atom is -0.399 e. The molecule has 0 spiro atoms. The molecule has 2 N–H and O–H groups in total. The number of nitrogen functional groups attached to an aromatic ring is 1. The number of sulfonamides is 1. The molecule has 1 fully saturated rings. The average Bonchev–Trinajstić information content (AvgIpc) is 2.30. The van der Waals surface area contributed by atoms with E-state index in [0.717, 1.165) is 4.31 Å². The number of hydrogen-bond donors (Lipinski definition) is 1.